The second kappa shape index (κ2) is 5.89. The van der Waals surface area contributed by atoms with Crippen molar-refractivity contribution >= 4 is 17.6 Å². The molecule has 0 radical (unpaired) electrons. The van der Waals surface area contributed by atoms with Gasteiger partial charge in [-0.15, -0.1) is 0 Å². The minimum Gasteiger partial charge on any atom is -0.370 e. The van der Waals surface area contributed by atoms with Crippen LogP contribution in [0.15, 0.2) is 6.07 Å². The van der Waals surface area contributed by atoms with E-state index in [0.717, 1.165) is 37.6 Å². The van der Waals surface area contributed by atoms with Gasteiger partial charge < -0.3 is 16.0 Å². The number of aromatic nitrogens is 2. The molecular weight excluding hydrogens is 226 g/mol. The first-order valence-corrected chi connectivity index (χ1v) is 6.89. The van der Waals surface area contributed by atoms with Crippen molar-refractivity contribution in [2.75, 3.05) is 29.0 Å². The molecule has 0 atom stereocenters. The van der Waals surface area contributed by atoms with E-state index in [-0.39, 0.29) is 0 Å². The highest BCUT2D eigenvalue weighted by Crippen LogP contribution is 2.31. The summed E-state index contributed by atoms with van der Waals surface area (Å²) in [4.78, 5) is 11.0. The highest BCUT2D eigenvalue weighted by atomic mass is 15.3. The SMILES string of the molecule is CCCNc1cc(N(CCC)C2CC2)nc(N)n1. The molecule has 1 aliphatic rings. The average Bonchev–Trinajstić information content (AvgIpc) is 3.17. The summed E-state index contributed by atoms with van der Waals surface area (Å²) in [6.45, 7) is 6.27. The van der Waals surface area contributed by atoms with Gasteiger partial charge in [0.25, 0.3) is 0 Å². The molecule has 18 heavy (non-hydrogen) atoms. The van der Waals surface area contributed by atoms with Crippen LogP contribution in [-0.4, -0.2) is 29.1 Å². The van der Waals surface area contributed by atoms with Crippen molar-refractivity contribution in [3.05, 3.63) is 6.07 Å². The van der Waals surface area contributed by atoms with Gasteiger partial charge in [-0.25, -0.2) is 0 Å². The van der Waals surface area contributed by atoms with Gasteiger partial charge in [0.1, 0.15) is 11.6 Å². The topological polar surface area (TPSA) is 67.1 Å². The summed E-state index contributed by atoms with van der Waals surface area (Å²) >= 11 is 0. The first-order chi connectivity index (χ1) is 8.74. The number of nitrogen functional groups attached to an aromatic ring is 1. The Bertz CT molecular complexity index is 389. The molecule has 3 N–H and O–H groups in total. The van der Waals surface area contributed by atoms with Crippen LogP contribution < -0.4 is 16.0 Å². The fourth-order valence-corrected chi connectivity index (χ4v) is 2.05. The summed E-state index contributed by atoms with van der Waals surface area (Å²) in [7, 11) is 0. The highest BCUT2D eigenvalue weighted by Gasteiger charge is 2.29. The number of anilines is 3. The maximum Gasteiger partial charge on any atom is 0.223 e. The molecule has 1 saturated carbocycles. The quantitative estimate of drug-likeness (QED) is 0.776. The summed E-state index contributed by atoms with van der Waals surface area (Å²) < 4.78 is 0. The predicted molar refractivity (Wildman–Crippen MR) is 75.9 cm³/mol. The van der Waals surface area contributed by atoms with Crippen molar-refractivity contribution in [3.8, 4) is 0 Å². The van der Waals surface area contributed by atoms with Crippen molar-refractivity contribution in [2.45, 2.75) is 45.6 Å². The molecule has 1 heterocycles. The van der Waals surface area contributed by atoms with Crippen LogP contribution >= 0.6 is 0 Å². The molecule has 5 heteroatoms. The Balaban J connectivity index is 2.16. The van der Waals surface area contributed by atoms with Gasteiger partial charge in [0, 0.05) is 25.2 Å². The van der Waals surface area contributed by atoms with E-state index < -0.39 is 0 Å². The molecular formula is C13H23N5. The number of nitrogens with zero attached hydrogens (tertiary/aromatic N) is 3. The van der Waals surface area contributed by atoms with Crippen molar-refractivity contribution in [1.82, 2.24) is 9.97 Å². The second-order valence-corrected chi connectivity index (χ2v) is 4.82. The zero-order valence-electron chi connectivity index (χ0n) is 11.3. The van der Waals surface area contributed by atoms with Gasteiger partial charge in [0.2, 0.25) is 5.95 Å². The number of nitrogens with two attached hydrogens (primary N) is 1. The van der Waals surface area contributed by atoms with Crippen LogP contribution in [0, 0.1) is 0 Å². The van der Waals surface area contributed by atoms with Gasteiger partial charge in [-0.3, -0.25) is 0 Å². The Kier molecular flexibility index (Phi) is 4.23. The standard InChI is InChI=1S/C13H23N5/c1-3-7-15-11-9-12(17-13(14)16-11)18(8-4-2)10-5-6-10/h9-10H,3-8H2,1-2H3,(H3,14,15,16,17). The van der Waals surface area contributed by atoms with E-state index in [1.807, 2.05) is 6.07 Å². The minimum absolute atomic E-state index is 0.354. The van der Waals surface area contributed by atoms with Crippen LogP contribution in [0.25, 0.3) is 0 Å². The lowest BCUT2D eigenvalue weighted by molar-refractivity contribution is 0.749. The smallest absolute Gasteiger partial charge is 0.223 e. The monoisotopic (exact) mass is 249 g/mol. The van der Waals surface area contributed by atoms with Crippen molar-refractivity contribution in [1.29, 1.82) is 0 Å². The predicted octanol–water partition coefficient (Wildman–Crippen LogP) is 2.26. The Hall–Kier alpha value is -1.52. The zero-order chi connectivity index (χ0) is 13.0. The third-order valence-corrected chi connectivity index (χ3v) is 3.03. The minimum atomic E-state index is 0.354. The molecule has 0 aliphatic heterocycles. The third kappa shape index (κ3) is 3.24. The second-order valence-electron chi connectivity index (χ2n) is 4.82. The normalized spacial score (nSPS) is 14.6. The Labute approximate surface area is 109 Å². The first-order valence-electron chi connectivity index (χ1n) is 6.89. The molecule has 1 fully saturated rings. The van der Waals surface area contributed by atoms with Gasteiger partial charge >= 0.3 is 0 Å². The summed E-state index contributed by atoms with van der Waals surface area (Å²) in [6.07, 6.45) is 4.72. The number of hydrogen-bond acceptors (Lipinski definition) is 5. The lowest BCUT2D eigenvalue weighted by Gasteiger charge is -2.23. The Morgan fingerprint density at radius 1 is 1.33 bits per heavy atom. The lowest BCUT2D eigenvalue weighted by Crippen LogP contribution is -2.28. The van der Waals surface area contributed by atoms with E-state index >= 15 is 0 Å². The van der Waals surface area contributed by atoms with E-state index in [1.54, 1.807) is 0 Å². The maximum absolute atomic E-state index is 5.80. The van der Waals surface area contributed by atoms with Gasteiger partial charge in [0.15, 0.2) is 0 Å². The fourth-order valence-electron chi connectivity index (χ4n) is 2.05. The molecule has 0 saturated heterocycles. The van der Waals surface area contributed by atoms with E-state index in [1.165, 1.54) is 12.8 Å². The van der Waals surface area contributed by atoms with E-state index in [2.05, 4.69) is 34.0 Å². The molecule has 0 bridgehead atoms. The largest absolute Gasteiger partial charge is 0.370 e. The molecule has 5 nitrogen and oxygen atoms in total. The molecule has 100 valence electrons. The van der Waals surface area contributed by atoms with Crippen molar-refractivity contribution < 1.29 is 0 Å². The fraction of sp³-hybridized carbons (Fsp3) is 0.692. The van der Waals surface area contributed by atoms with Crippen LogP contribution in [0.3, 0.4) is 0 Å². The third-order valence-electron chi connectivity index (χ3n) is 3.03. The molecule has 0 aromatic carbocycles. The van der Waals surface area contributed by atoms with Crippen LogP contribution in [0.5, 0.6) is 0 Å². The summed E-state index contributed by atoms with van der Waals surface area (Å²) in [5, 5.41) is 3.27. The van der Waals surface area contributed by atoms with E-state index in [9.17, 15) is 0 Å². The number of hydrogen-bond donors (Lipinski definition) is 2. The van der Waals surface area contributed by atoms with E-state index in [0.29, 0.717) is 12.0 Å². The summed E-state index contributed by atoms with van der Waals surface area (Å²) in [5.74, 6) is 2.15. The Morgan fingerprint density at radius 3 is 2.72 bits per heavy atom. The average molecular weight is 249 g/mol. The first kappa shape index (κ1) is 12.9. The zero-order valence-corrected chi connectivity index (χ0v) is 11.3. The van der Waals surface area contributed by atoms with Crippen LogP contribution in [0.4, 0.5) is 17.6 Å². The van der Waals surface area contributed by atoms with E-state index in [4.69, 9.17) is 5.73 Å². The van der Waals surface area contributed by atoms with Crippen molar-refractivity contribution in [3.63, 3.8) is 0 Å². The van der Waals surface area contributed by atoms with Gasteiger partial charge in [0.05, 0.1) is 0 Å². The van der Waals surface area contributed by atoms with Gasteiger partial charge in [-0.05, 0) is 25.7 Å². The summed E-state index contributed by atoms with van der Waals surface area (Å²) in [6, 6.07) is 2.67. The highest BCUT2D eigenvalue weighted by molar-refractivity contribution is 5.53. The van der Waals surface area contributed by atoms with Gasteiger partial charge in [-0.2, -0.15) is 9.97 Å². The van der Waals surface area contributed by atoms with Gasteiger partial charge in [-0.1, -0.05) is 13.8 Å². The number of nitrogens with one attached hydrogen (secondary N) is 1. The van der Waals surface area contributed by atoms with Crippen LogP contribution in [-0.2, 0) is 0 Å². The Morgan fingerprint density at radius 2 is 2.11 bits per heavy atom. The molecule has 1 aliphatic carbocycles. The molecule has 1 aromatic heterocycles. The molecule has 0 spiro atoms. The molecule has 0 unspecified atom stereocenters. The molecule has 1 aromatic rings. The maximum atomic E-state index is 5.80. The molecule has 0 amide bonds. The van der Waals surface area contributed by atoms with Crippen LogP contribution in [0.2, 0.25) is 0 Å². The summed E-state index contributed by atoms with van der Waals surface area (Å²) in [5.41, 5.74) is 5.80. The van der Waals surface area contributed by atoms with Crippen molar-refractivity contribution in [2.24, 2.45) is 0 Å². The lowest BCUT2D eigenvalue weighted by atomic mass is 10.3. The molecule has 2 rings (SSSR count). The number of rotatable bonds is 7. The van der Waals surface area contributed by atoms with Crippen LogP contribution in [0.1, 0.15) is 39.5 Å².